The Kier molecular flexibility index (Phi) is 5.95. The predicted octanol–water partition coefficient (Wildman–Crippen LogP) is 5.06. The summed E-state index contributed by atoms with van der Waals surface area (Å²) in [6.07, 6.45) is 2.43. The average Bonchev–Trinajstić information content (AvgIpc) is 3.52. The monoisotopic (exact) mass is 421 g/mol. The van der Waals surface area contributed by atoms with Gasteiger partial charge in [0.2, 0.25) is 11.8 Å². The second kappa shape index (κ2) is 8.64. The van der Waals surface area contributed by atoms with Crippen LogP contribution < -0.4 is 5.32 Å². The van der Waals surface area contributed by atoms with Crippen molar-refractivity contribution >= 4 is 40.1 Å². The molecule has 0 radical (unpaired) electrons. The minimum absolute atomic E-state index is 0.00858. The van der Waals surface area contributed by atoms with Crippen molar-refractivity contribution in [3.05, 3.63) is 59.7 Å². The molecule has 30 heavy (non-hydrogen) atoms. The van der Waals surface area contributed by atoms with Gasteiger partial charge < -0.3 is 5.32 Å². The van der Waals surface area contributed by atoms with Gasteiger partial charge in [0.05, 0.1) is 5.69 Å². The molecule has 1 aliphatic carbocycles. The SMILES string of the molecule is Cc1cccc(C)c1NC(=O)C[C@@H]1SC(=Nc2ccccc2)N([C@@H](C)C2CC2)C1=O. The van der Waals surface area contributed by atoms with Crippen LogP contribution in [0.5, 0.6) is 0 Å². The Bertz CT molecular complexity index is 965. The van der Waals surface area contributed by atoms with Crippen LogP contribution in [0.1, 0.15) is 37.3 Å². The molecule has 2 aromatic rings. The summed E-state index contributed by atoms with van der Waals surface area (Å²) in [6.45, 7) is 6.04. The molecule has 4 rings (SSSR count). The molecule has 0 bridgehead atoms. The summed E-state index contributed by atoms with van der Waals surface area (Å²) < 4.78 is 0. The van der Waals surface area contributed by atoms with Crippen LogP contribution >= 0.6 is 11.8 Å². The lowest BCUT2D eigenvalue weighted by Gasteiger charge is -2.24. The number of aryl methyl sites for hydroxylation is 2. The lowest BCUT2D eigenvalue weighted by atomic mass is 10.1. The Balaban J connectivity index is 1.53. The third-order valence-corrected chi connectivity index (χ3v) is 6.93. The molecule has 2 amide bonds. The number of rotatable bonds is 6. The van der Waals surface area contributed by atoms with Crippen LogP contribution in [0, 0.1) is 19.8 Å². The molecule has 2 atom stereocenters. The third-order valence-electron chi connectivity index (χ3n) is 5.78. The quantitative estimate of drug-likeness (QED) is 0.709. The Hall–Kier alpha value is -2.60. The largest absolute Gasteiger partial charge is 0.326 e. The summed E-state index contributed by atoms with van der Waals surface area (Å²) in [5.41, 5.74) is 3.69. The van der Waals surface area contributed by atoms with Gasteiger partial charge in [-0.25, -0.2) is 4.99 Å². The lowest BCUT2D eigenvalue weighted by Crippen LogP contribution is -2.41. The Morgan fingerprint density at radius 1 is 1.13 bits per heavy atom. The molecule has 2 aromatic carbocycles. The summed E-state index contributed by atoms with van der Waals surface area (Å²) in [7, 11) is 0. The second-order valence-corrected chi connectivity index (χ2v) is 9.31. The highest BCUT2D eigenvalue weighted by atomic mass is 32.2. The summed E-state index contributed by atoms with van der Waals surface area (Å²) in [4.78, 5) is 32.6. The molecule has 1 saturated carbocycles. The van der Waals surface area contributed by atoms with Crippen molar-refractivity contribution in [1.82, 2.24) is 4.90 Å². The van der Waals surface area contributed by atoms with E-state index in [-0.39, 0.29) is 24.3 Å². The van der Waals surface area contributed by atoms with E-state index in [2.05, 4.69) is 12.2 Å². The maximum Gasteiger partial charge on any atom is 0.242 e. The van der Waals surface area contributed by atoms with Gasteiger partial charge in [-0.15, -0.1) is 0 Å². The highest BCUT2D eigenvalue weighted by molar-refractivity contribution is 8.15. The Morgan fingerprint density at radius 3 is 2.43 bits per heavy atom. The first kappa shape index (κ1) is 20.7. The minimum Gasteiger partial charge on any atom is -0.326 e. The van der Waals surface area contributed by atoms with Gasteiger partial charge in [-0.2, -0.15) is 0 Å². The zero-order valence-electron chi connectivity index (χ0n) is 17.6. The highest BCUT2D eigenvalue weighted by Gasteiger charge is 2.45. The van der Waals surface area contributed by atoms with Gasteiger partial charge in [0.15, 0.2) is 5.17 Å². The van der Waals surface area contributed by atoms with Gasteiger partial charge in [-0.05, 0) is 62.8 Å². The van der Waals surface area contributed by atoms with Crippen molar-refractivity contribution in [3.63, 3.8) is 0 Å². The van der Waals surface area contributed by atoms with Gasteiger partial charge in [-0.1, -0.05) is 48.2 Å². The summed E-state index contributed by atoms with van der Waals surface area (Å²) in [6, 6.07) is 15.7. The topological polar surface area (TPSA) is 61.8 Å². The van der Waals surface area contributed by atoms with Crippen LogP contribution in [0.2, 0.25) is 0 Å². The van der Waals surface area contributed by atoms with Crippen molar-refractivity contribution < 1.29 is 9.59 Å². The number of aliphatic imine (C=N–C) groups is 1. The Labute approximate surface area is 182 Å². The Morgan fingerprint density at radius 2 is 1.80 bits per heavy atom. The van der Waals surface area contributed by atoms with E-state index in [1.165, 1.54) is 11.8 Å². The van der Waals surface area contributed by atoms with E-state index in [1.807, 2.05) is 67.3 Å². The van der Waals surface area contributed by atoms with Gasteiger partial charge in [0.25, 0.3) is 0 Å². The van der Waals surface area contributed by atoms with Crippen LogP contribution in [-0.2, 0) is 9.59 Å². The molecule has 0 spiro atoms. The van der Waals surface area contributed by atoms with E-state index in [9.17, 15) is 9.59 Å². The molecule has 1 heterocycles. The van der Waals surface area contributed by atoms with E-state index < -0.39 is 5.25 Å². The van der Waals surface area contributed by atoms with Gasteiger partial charge in [0.1, 0.15) is 5.25 Å². The normalized spacial score (nSPS) is 21.2. The van der Waals surface area contributed by atoms with E-state index in [0.717, 1.165) is 35.3 Å². The van der Waals surface area contributed by atoms with E-state index in [4.69, 9.17) is 4.99 Å². The number of para-hydroxylation sites is 2. The molecule has 1 N–H and O–H groups in total. The highest BCUT2D eigenvalue weighted by Crippen LogP contribution is 2.41. The van der Waals surface area contributed by atoms with Crippen molar-refractivity contribution in [2.24, 2.45) is 10.9 Å². The fourth-order valence-electron chi connectivity index (χ4n) is 3.84. The number of carbonyl (C=O) groups is 2. The summed E-state index contributed by atoms with van der Waals surface area (Å²) in [5.74, 6) is 0.377. The molecule has 0 unspecified atom stereocenters. The molecule has 1 aliphatic heterocycles. The van der Waals surface area contributed by atoms with Crippen molar-refractivity contribution in [2.45, 2.75) is 51.3 Å². The maximum absolute atomic E-state index is 13.2. The van der Waals surface area contributed by atoms with Crippen molar-refractivity contribution in [2.75, 3.05) is 5.32 Å². The molecule has 2 aliphatic rings. The minimum atomic E-state index is -0.446. The number of amidine groups is 1. The summed E-state index contributed by atoms with van der Waals surface area (Å²) in [5, 5.41) is 3.26. The number of amides is 2. The first-order valence-electron chi connectivity index (χ1n) is 10.4. The molecule has 1 saturated heterocycles. The zero-order chi connectivity index (χ0) is 21.3. The number of benzene rings is 2. The van der Waals surface area contributed by atoms with Crippen molar-refractivity contribution in [3.8, 4) is 0 Å². The standard InChI is InChI=1S/C24H27N3O2S/c1-15-8-7-9-16(2)22(15)26-21(28)14-20-23(29)27(17(3)18-12-13-18)24(30-20)25-19-10-5-4-6-11-19/h4-11,17-18,20H,12-14H2,1-3H3,(H,26,28)/t17-,20-/m0/s1. The zero-order valence-corrected chi connectivity index (χ0v) is 18.4. The number of nitrogens with one attached hydrogen (secondary N) is 1. The summed E-state index contributed by atoms with van der Waals surface area (Å²) >= 11 is 1.41. The van der Waals surface area contributed by atoms with Gasteiger partial charge in [0, 0.05) is 18.2 Å². The molecular weight excluding hydrogens is 394 g/mol. The average molecular weight is 422 g/mol. The predicted molar refractivity (Wildman–Crippen MR) is 123 cm³/mol. The van der Waals surface area contributed by atoms with Crippen LogP contribution in [0.15, 0.2) is 53.5 Å². The maximum atomic E-state index is 13.2. The smallest absolute Gasteiger partial charge is 0.242 e. The number of thioether (sulfide) groups is 1. The van der Waals surface area contributed by atoms with Crippen LogP contribution in [0.3, 0.4) is 0 Å². The second-order valence-electron chi connectivity index (χ2n) is 8.14. The molecule has 6 heteroatoms. The fraction of sp³-hybridized carbons (Fsp3) is 0.375. The number of hydrogen-bond acceptors (Lipinski definition) is 4. The molecule has 0 aromatic heterocycles. The number of hydrogen-bond donors (Lipinski definition) is 1. The lowest BCUT2D eigenvalue weighted by molar-refractivity contribution is -0.129. The first-order chi connectivity index (χ1) is 14.4. The van der Waals surface area contributed by atoms with Crippen LogP contribution in [0.4, 0.5) is 11.4 Å². The number of nitrogens with zero attached hydrogens (tertiary/aromatic N) is 2. The molecule has 5 nitrogen and oxygen atoms in total. The van der Waals surface area contributed by atoms with Crippen LogP contribution in [-0.4, -0.2) is 33.2 Å². The molecular formula is C24H27N3O2S. The van der Waals surface area contributed by atoms with E-state index >= 15 is 0 Å². The fourth-order valence-corrected chi connectivity index (χ4v) is 5.07. The number of carbonyl (C=O) groups excluding carboxylic acids is 2. The third kappa shape index (κ3) is 4.43. The number of anilines is 1. The van der Waals surface area contributed by atoms with Gasteiger partial charge in [-0.3, -0.25) is 14.5 Å². The first-order valence-corrected chi connectivity index (χ1v) is 11.3. The molecule has 156 valence electrons. The van der Waals surface area contributed by atoms with Crippen LogP contribution in [0.25, 0.3) is 0 Å². The molecule has 2 fully saturated rings. The van der Waals surface area contributed by atoms with E-state index in [0.29, 0.717) is 11.1 Å². The van der Waals surface area contributed by atoms with Crippen molar-refractivity contribution in [1.29, 1.82) is 0 Å². The van der Waals surface area contributed by atoms with Gasteiger partial charge >= 0.3 is 0 Å². The van der Waals surface area contributed by atoms with E-state index in [1.54, 1.807) is 0 Å².